The van der Waals surface area contributed by atoms with Crippen LogP contribution in [0.5, 0.6) is 0 Å². The lowest BCUT2D eigenvalue weighted by Crippen LogP contribution is -2.56. The molecule has 2 atom stereocenters. The van der Waals surface area contributed by atoms with Crippen LogP contribution in [-0.2, 0) is 14.3 Å². The zero-order chi connectivity index (χ0) is 18.1. The van der Waals surface area contributed by atoms with Crippen LogP contribution >= 0.6 is 0 Å². The zero-order valence-corrected chi connectivity index (χ0v) is 14.3. The molecule has 0 aliphatic rings. The first kappa shape index (κ1) is 19.6. The van der Waals surface area contributed by atoms with Crippen molar-refractivity contribution in [1.29, 1.82) is 0 Å². The molecule has 0 saturated heterocycles. The van der Waals surface area contributed by atoms with Gasteiger partial charge >= 0.3 is 12.1 Å². The molecule has 0 aromatic heterocycles. The first-order valence-electron chi connectivity index (χ1n) is 7.42. The molecule has 8 heteroatoms. The highest BCUT2D eigenvalue weighted by Crippen LogP contribution is 2.19. The summed E-state index contributed by atoms with van der Waals surface area (Å²) < 4.78 is 10.4. The Bertz CT molecular complexity index is 542. The third kappa shape index (κ3) is 4.77. The number of methoxy groups -OCH3 is 2. The lowest BCUT2D eigenvalue weighted by molar-refractivity contribution is -0.107. The van der Waals surface area contributed by atoms with Crippen molar-refractivity contribution in [3.05, 3.63) is 30.3 Å². The molecule has 0 aliphatic heterocycles. The number of anilines is 1. The van der Waals surface area contributed by atoms with Crippen LogP contribution in [-0.4, -0.2) is 56.5 Å². The fourth-order valence-electron chi connectivity index (χ4n) is 2.05. The van der Waals surface area contributed by atoms with E-state index in [4.69, 9.17) is 9.47 Å². The van der Waals surface area contributed by atoms with E-state index in [0.29, 0.717) is 12.0 Å². The lowest BCUT2D eigenvalue weighted by atomic mass is 10.3. The summed E-state index contributed by atoms with van der Waals surface area (Å²) in [6.07, 6.45) is -0.714. The number of amides is 4. The normalized spacial score (nSPS) is 12.8. The molecule has 1 N–H and O–H groups in total. The van der Waals surface area contributed by atoms with Gasteiger partial charge in [-0.25, -0.2) is 14.5 Å². The van der Waals surface area contributed by atoms with Gasteiger partial charge in [-0.2, -0.15) is 0 Å². The van der Waals surface area contributed by atoms with Crippen molar-refractivity contribution in [3.63, 3.8) is 0 Å². The van der Waals surface area contributed by atoms with Gasteiger partial charge in [0.05, 0.1) is 12.2 Å². The molecule has 0 spiro atoms. The van der Waals surface area contributed by atoms with E-state index in [0.717, 1.165) is 4.90 Å². The molecule has 0 aliphatic carbocycles. The molecule has 2 unspecified atom stereocenters. The summed E-state index contributed by atoms with van der Waals surface area (Å²) in [6.45, 7) is 3.13. The maximum absolute atomic E-state index is 13.0. The van der Waals surface area contributed by atoms with Crippen LogP contribution in [0.2, 0.25) is 0 Å². The molecule has 1 aromatic carbocycles. The van der Waals surface area contributed by atoms with E-state index in [1.165, 1.54) is 19.1 Å². The first-order chi connectivity index (χ1) is 11.5. The summed E-state index contributed by atoms with van der Waals surface area (Å²) in [5, 5.41) is 2.37. The molecule has 0 radical (unpaired) electrons. The molecule has 132 valence electrons. The standard InChI is InChI=1S/C16H23N3O5/c1-12(23-3)18(13(2)24-4)16(22)19(15(21)17-10-11-20)14-8-6-5-7-9-14/h5-9,11-13H,10H2,1-4H3,(H,17,21). The highest BCUT2D eigenvalue weighted by Gasteiger charge is 2.34. The predicted octanol–water partition coefficient (Wildman–Crippen LogP) is 1.81. The van der Waals surface area contributed by atoms with Gasteiger partial charge in [0.1, 0.15) is 18.7 Å². The maximum Gasteiger partial charge on any atom is 0.336 e. The maximum atomic E-state index is 13.0. The van der Waals surface area contributed by atoms with Crippen LogP contribution in [0.4, 0.5) is 15.3 Å². The SMILES string of the molecule is COC(C)N(C(=O)N(C(=O)NCC=O)c1ccccc1)C(C)OC. The highest BCUT2D eigenvalue weighted by atomic mass is 16.5. The van der Waals surface area contributed by atoms with Crippen molar-refractivity contribution in [1.82, 2.24) is 10.2 Å². The van der Waals surface area contributed by atoms with Gasteiger partial charge in [-0.05, 0) is 26.0 Å². The predicted molar refractivity (Wildman–Crippen MR) is 88.6 cm³/mol. The van der Waals surface area contributed by atoms with Crippen LogP contribution in [0, 0.1) is 0 Å². The minimum atomic E-state index is -0.713. The Labute approximate surface area is 141 Å². The molecule has 0 saturated carbocycles. The number of hydrogen-bond acceptors (Lipinski definition) is 5. The minimum absolute atomic E-state index is 0.199. The Morgan fingerprint density at radius 1 is 1.12 bits per heavy atom. The van der Waals surface area contributed by atoms with Crippen LogP contribution in [0.1, 0.15) is 13.8 Å². The quantitative estimate of drug-likeness (QED) is 0.605. The number of nitrogens with zero attached hydrogens (tertiary/aromatic N) is 2. The van der Waals surface area contributed by atoms with Crippen molar-refractivity contribution in [2.45, 2.75) is 26.3 Å². The van der Waals surface area contributed by atoms with Crippen LogP contribution in [0.15, 0.2) is 30.3 Å². The Morgan fingerprint density at radius 2 is 1.67 bits per heavy atom. The number of carbonyl (C=O) groups excluding carboxylic acids is 3. The van der Waals surface area contributed by atoms with Gasteiger partial charge in [0, 0.05) is 14.2 Å². The number of para-hydroxylation sites is 1. The van der Waals surface area contributed by atoms with E-state index < -0.39 is 24.5 Å². The Kier molecular flexibility index (Phi) is 7.87. The molecule has 1 aromatic rings. The van der Waals surface area contributed by atoms with Crippen molar-refractivity contribution in [3.8, 4) is 0 Å². The van der Waals surface area contributed by atoms with Crippen LogP contribution < -0.4 is 10.2 Å². The molecule has 0 heterocycles. The summed E-state index contributed by atoms with van der Waals surface area (Å²) in [6, 6.07) is 7.06. The third-order valence-electron chi connectivity index (χ3n) is 3.43. The molecular formula is C16H23N3O5. The average molecular weight is 337 g/mol. The van der Waals surface area contributed by atoms with Gasteiger partial charge in [0.15, 0.2) is 0 Å². The molecular weight excluding hydrogens is 314 g/mol. The van der Waals surface area contributed by atoms with Crippen molar-refractivity contribution >= 4 is 24.0 Å². The second kappa shape index (κ2) is 9.64. The monoisotopic (exact) mass is 337 g/mol. The minimum Gasteiger partial charge on any atom is -0.362 e. The summed E-state index contributed by atoms with van der Waals surface area (Å²) in [4.78, 5) is 38.1. The Balaban J connectivity index is 3.22. The summed E-state index contributed by atoms with van der Waals surface area (Å²) in [7, 11) is 2.90. The van der Waals surface area contributed by atoms with Gasteiger partial charge in [-0.15, -0.1) is 0 Å². The van der Waals surface area contributed by atoms with Gasteiger partial charge < -0.3 is 19.6 Å². The average Bonchev–Trinajstić information content (AvgIpc) is 2.60. The topological polar surface area (TPSA) is 88.2 Å². The summed E-state index contributed by atoms with van der Waals surface area (Å²) in [5.41, 5.74) is 0.363. The van der Waals surface area contributed by atoms with E-state index in [2.05, 4.69) is 5.32 Å². The van der Waals surface area contributed by atoms with E-state index in [1.807, 2.05) is 0 Å². The van der Waals surface area contributed by atoms with Gasteiger partial charge in [-0.1, -0.05) is 18.2 Å². The van der Waals surface area contributed by atoms with Crippen LogP contribution in [0.3, 0.4) is 0 Å². The van der Waals surface area contributed by atoms with Gasteiger partial charge in [-0.3, -0.25) is 4.90 Å². The van der Waals surface area contributed by atoms with E-state index in [1.54, 1.807) is 44.2 Å². The number of benzene rings is 1. The Morgan fingerprint density at radius 3 is 2.12 bits per heavy atom. The molecule has 0 fully saturated rings. The fourth-order valence-corrected chi connectivity index (χ4v) is 2.05. The zero-order valence-electron chi connectivity index (χ0n) is 14.3. The van der Waals surface area contributed by atoms with E-state index in [9.17, 15) is 14.4 Å². The highest BCUT2D eigenvalue weighted by molar-refractivity contribution is 6.13. The Hall–Kier alpha value is -2.45. The third-order valence-corrected chi connectivity index (χ3v) is 3.43. The number of carbonyl (C=O) groups is 3. The number of hydrogen-bond donors (Lipinski definition) is 1. The number of aldehydes is 1. The number of nitrogens with one attached hydrogen (secondary N) is 1. The van der Waals surface area contributed by atoms with Crippen molar-refractivity contribution < 1.29 is 23.9 Å². The van der Waals surface area contributed by atoms with E-state index >= 15 is 0 Å². The first-order valence-corrected chi connectivity index (χ1v) is 7.42. The number of rotatable bonds is 7. The molecule has 1 rings (SSSR count). The largest absolute Gasteiger partial charge is 0.362 e. The summed E-state index contributed by atoms with van der Waals surface area (Å²) >= 11 is 0. The number of urea groups is 2. The second-order valence-electron chi connectivity index (χ2n) is 4.88. The van der Waals surface area contributed by atoms with Crippen LogP contribution in [0.25, 0.3) is 0 Å². The second-order valence-corrected chi connectivity index (χ2v) is 4.88. The van der Waals surface area contributed by atoms with Gasteiger partial charge in [0.25, 0.3) is 0 Å². The smallest absolute Gasteiger partial charge is 0.336 e. The molecule has 0 bridgehead atoms. The van der Waals surface area contributed by atoms with Crippen molar-refractivity contribution in [2.24, 2.45) is 0 Å². The molecule has 8 nitrogen and oxygen atoms in total. The summed E-state index contributed by atoms with van der Waals surface area (Å²) in [5.74, 6) is 0. The molecule has 24 heavy (non-hydrogen) atoms. The number of imide groups is 1. The molecule has 4 amide bonds. The van der Waals surface area contributed by atoms with Gasteiger partial charge in [0.2, 0.25) is 0 Å². The number of ether oxygens (including phenoxy) is 2. The lowest BCUT2D eigenvalue weighted by Gasteiger charge is -2.36. The van der Waals surface area contributed by atoms with E-state index in [-0.39, 0.29) is 6.54 Å². The fraction of sp³-hybridized carbons (Fsp3) is 0.438. The van der Waals surface area contributed by atoms with Crippen molar-refractivity contribution in [2.75, 3.05) is 25.7 Å².